The van der Waals surface area contributed by atoms with Crippen LogP contribution < -0.4 is 10.1 Å². The van der Waals surface area contributed by atoms with Crippen molar-refractivity contribution >= 4 is 0 Å². The fraction of sp³-hybridized carbons (Fsp3) is 0.400. The molecule has 0 aliphatic carbocycles. The summed E-state index contributed by atoms with van der Waals surface area (Å²) in [6.45, 7) is 5.24. The Hall–Kier alpha value is -1.81. The Kier molecular flexibility index (Phi) is 3.51. The van der Waals surface area contributed by atoms with Gasteiger partial charge in [0.05, 0.1) is 12.4 Å². The first kappa shape index (κ1) is 12.2. The zero-order valence-corrected chi connectivity index (χ0v) is 11.2. The predicted molar refractivity (Wildman–Crippen MR) is 74.5 cm³/mol. The van der Waals surface area contributed by atoms with Crippen LogP contribution in [0.1, 0.15) is 12.0 Å². The molecule has 1 aromatic carbocycles. The number of aryl methyl sites for hydroxylation is 1. The standard InChI is InChI=1S/C15H19N3O/c1-12-2-4-14(5-3-12)19-15-9-17-18(11-15)10-13-6-7-16-8-13/h2-5,9,11,13,16H,6-8,10H2,1H3. The lowest BCUT2D eigenvalue weighted by atomic mass is 10.1. The lowest BCUT2D eigenvalue weighted by molar-refractivity contribution is 0.444. The molecule has 1 fully saturated rings. The molecule has 1 aliphatic rings. The van der Waals surface area contributed by atoms with Gasteiger partial charge in [-0.3, -0.25) is 4.68 Å². The summed E-state index contributed by atoms with van der Waals surface area (Å²) in [6.07, 6.45) is 4.98. The average molecular weight is 257 g/mol. The summed E-state index contributed by atoms with van der Waals surface area (Å²) < 4.78 is 7.75. The highest BCUT2D eigenvalue weighted by Crippen LogP contribution is 2.21. The Labute approximate surface area is 113 Å². The van der Waals surface area contributed by atoms with Gasteiger partial charge in [0.1, 0.15) is 5.75 Å². The molecule has 0 radical (unpaired) electrons. The summed E-state index contributed by atoms with van der Waals surface area (Å²) in [6, 6.07) is 8.05. The molecule has 0 bridgehead atoms. The Morgan fingerprint density at radius 2 is 2.16 bits per heavy atom. The Morgan fingerprint density at radius 1 is 1.32 bits per heavy atom. The number of ether oxygens (including phenoxy) is 1. The van der Waals surface area contributed by atoms with Crippen LogP contribution in [0.25, 0.3) is 0 Å². The molecular formula is C15H19N3O. The van der Waals surface area contributed by atoms with Gasteiger partial charge in [-0.2, -0.15) is 5.10 Å². The van der Waals surface area contributed by atoms with Crippen molar-refractivity contribution < 1.29 is 4.74 Å². The van der Waals surface area contributed by atoms with Crippen LogP contribution in [0.4, 0.5) is 0 Å². The van der Waals surface area contributed by atoms with Gasteiger partial charge < -0.3 is 10.1 Å². The Balaban J connectivity index is 1.62. The van der Waals surface area contributed by atoms with E-state index in [1.165, 1.54) is 12.0 Å². The Bertz CT molecular complexity index is 527. The summed E-state index contributed by atoms with van der Waals surface area (Å²) in [4.78, 5) is 0. The van der Waals surface area contributed by atoms with E-state index in [-0.39, 0.29) is 0 Å². The topological polar surface area (TPSA) is 39.1 Å². The molecule has 3 rings (SSSR count). The largest absolute Gasteiger partial charge is 0.454 e. The first-order valence-corrected chi connectivity index (χ1v) is 6.77. The van der Waals surface area contributed by atoms with Gasteiger partial charge in [-0.05, 0) is 44.5 Å². The van der Waals surface area contributed by atoms with Gasteiger partial charge in [0.25, 0.3) is 0 Å². The summed E-state index contributed by atoms with van der Waals surface area (Å²) in [7, 11) is 0. The molecule has 100 valence electrons. The molecule has 0 spiro atoms. The van der Waals surface area contributed by atoms with E-state index < -0.39 is 0 Å². The molecule has 4 heteroatoms. The molecular weight excluding hydrogens is 238 g/mol. The van der Waals surface area contributed by atoms with Crippen LogP contribution in [0.5, 0.6) is 11.5 Å². The van der Waals surface area contributed by atoms with Crippen LogP contribution in [0.2, 0.25) is 0 Å². The normalized spacial score (nSPS) is 18.7. The predicted octanol–water partition coefficient (Wildman–Crippen LogP) is 2.59. The number of aromatic nitrogens is 2. The second-order valence-corrected chi connectivity index (χ2v) is 5.17. The van der Waals surface area contributed by atoms with Crippen LogP contribution in [-0.2, 0) is 6.54 Å². The van der Waals surface area contributed by atoms with Crippen molar-refractivity contribution in [1.82, 2.24) is 15.1 Å². The zero-order chi connectivity index (χ0) is 13.1. The molecule has 1 saturated heterocycles. The molecule has 2 heterocycles. The molecule has 0 saturated carbocycles. The minimum absolute atomic E-state index is 0.687. The molecule has 1 aromatic heterocycles. The van der Waals surface area contributed by atoms with Gasteiger partial charge in [-0.25, -0.2) is 0 Å². The number of hydrogen-bond acceptors (Lipinski definition) is 3. The molecule has 2 aromatic rings. The smallest absolute Gasteiger partial charge is 0.165 e. The van der Waals surface area contributed by atoms with Crippen molar-refractivity contribution in [1.29, 1.82) is 0 Å². The maximum absolute atomic E-state index is 5.78. The number of benzene rings is 1. The number of nitrogens with zero attached hydrogens (tertiary/aromatic N) is 2. The number of rotatable bonds is 4. The third-order valence-electron chi connectivity index (χ3n) is 3.47. The molecule has 1 unspecified atom stereocenters. The SMILES string of the molecule is Cc1ccc(Oc2cnn(CC3CCNC3)c2)cc1. The lowest BCUT2D eigenvalue weighted by Gasteiger charge is -2.07. The molecule has 0 amide bonds. The van der Waals surface area contributed by atoms with Crippen LogP contribution in [-0.4, -0.2) is 22.9 Å². The summed E-state index contributed by atoms with van der Waals surface area (Å²) in [5.41, 5.74) is 1.23. The van der Waals surface area contributed by atoms with Crippen LogP contribution in [0.3, 0.4) is 0 Å². The third-order valence-corrected chi connectivity index (χ3v) is 3.47. The fourth-order valence-electron chi connectivity index (χ4n) is 2.37. The summed E-state index contributed by atoms with van der Waals surface area (Å²) in [5.74, 6) is 2.34. The van der Waals surface area contributed by atoms with Crippen molar-refractivity contribution in [2.45, 2.75) is 19.9 Å². The second kappa shape index (κ2) is 5.45. The average Bonchev–Trinajstić information content (AvgIpc) is 3.05. The Morgan fingerprint density at radius 3 is 2.89 bits per heavy atom. The highest BCUT2D eigenvalue weighted by molar-refractivity contribution is 5.30. The van der Waals surface area contributed by atoms with Crippen LogP contribution >= 0.6 is 0 Å². The summed E-state index contributed by atoms with van der Waals surface area (Å²) >= 11 is 0. The van der Waals surface area contributed by atoms with Crippen molar-refractivity contribution in [3.05, 3.63) is 42.2 Å². The second-order valence-electron chi connectivity index (χ2n) is 5.17. The maximum Gasteiger partial charge on any atom is 0.165 e. The van der Waals surface area contributed by atoms with E-state index in [4.69, 9.17) is 4.74 Å². The monoisotopic (exact) mass is 257 g/mol. The minimum Gasteiger partial charge on any atom is -0.454 e. The van der Waals surface area contributed by atoms with Crippen LogP contribution in [0.15, 0.2) is 36.7 Å². The molecule has 1 atom stereocenters. The summed E-state index contributed by atoms with van der Waals surface area (Å²) in [5, 5.41) is 7.73. The first-order valence-electron chi connectivity index (χ1n) is 6.77. The molecule has 1 aliphatic heterocycles. The van der Waals surface area contributed by atoms with Crippen molar-refractivity contribution in [2.24, 2.45) is 5.92 Å². The van der Waals surface area contributed by atoms with Gasteiger partial charge in [0.2, 0.25) is 0 Å². The molecule has 4 nitrogen and oxygen atoms in total. The van der Waals surface area contributed by atoms with E-state index in [1.807, 2.05) is 35.1 Å². The van der Waals surface area contributed by atoms with Gasteiger partial charge in [-0.15, -0.1) is 0 Å². The quantitative estimate of drug-likeness (QED) is 0.915. The number of hydrogen-bond donors (Lipinski definition) is 1. The van der Waals surface area contributed by atoms with Crippen LogP contribution in [0, 0.1) is 12.8 Å². The fourth-order valence-corrected chi connectivity index (χ4v) is 2.37. The maximum atomic E-state index is 5.78. The van der Waals surface area contributed by atoms with E-state index >= 15 is 0 Å². The van der Waals surface area contributed by atoms with Gasteiger partial charge in [-0.1, -0.05) is 17.7 Å². The van der Waals surface area contributed by atoms with E-state index in [0.717, 1.165) is 31.1 Å². The zero-order valence-electron chi connectivity index (χ0n) is 11.2. The van der Waals surface area contributed by atoms with Gasteiger partial charge in [0.15, 0.2) is 5.75 Å². The molecule has 1 N–H and O–H groups in total. The molecule has 19 heavy (non-hydrogen) atoms. The van der Waals surface area contributed by atoms with Gasteiger partial charge in [0, 0.05) is 6.54 Å². The van der Waals surface area contributed by atoms with E-state index in [0.29, 0.717) is 5.92 Å². The van der Waals surface area contributed by atoms with E-state index in [1.54, 1.807) is 6.20 Å². The third kappa shape index (κ3) is 3.15. The van der Waals surface area contributed by atoms with E-state index in [9.17, 15) is 0 Å². The van der Waals surface area contributed by atoms with Crippen molar-refractivity contribution in [3.63, 3.8) is 0 Å². The highest BCUT2D eigenvalue weighted by atomic mass is 16.5. The minimum atomic E-state index is 0.687. The van der Waals surface area contributed by atoms with Crippen molar-refractivity contribution in [2.75, 3.05) is 13.1 Å². The van der Waals surface area contributed by atoms with Gasteiger partial charge >= 0.3 is 0 Å². The number of nitrogens with one attached hydrogen (secondary N) is 1. The lowest BCUT2D eigenvalue weighted by Crippen LogP contribution is -2.14. The van der Waals surface area contributed by atoms with E-state index in [2.05, 4.69) is 17.3 Å². The van der Waals surface area contributed by atoms with Crippen molar-refractivity contribution in [3.8, 4) is 11.5 Å². The first-order chi connectivity index (χ1) is 9.29. The highest BCUT2D eigenvalue weighted by Gasteiger charge is 2.15.